The number of nitrogens with one attached hydrogen (secondary N) is 1. The Labute approximate surface area is 120 Å². The summed E-state index contributed by atoms with van der Waals surface area (Å²) in [6, 6.07) is 6.10. The smallest absolute Gasteiger partial charge is 0.218 e. The summed E-state index contributed by atoms with van der Waals surface area (Å²) in [6.07, 6.45) is 5.63. The van der Waals surface area contributed by atoms with Crippen LogP contribution in [-0.2, 0) is 13.1 Å². The predicted molar refractivity (Wildman–Crippen MR) is 79.5 cm³/mol. The van der Waals surface area contributed by atoms with E-state index in [0.717, 1.165) is 18.7 Å². The summed E-state index contributed by atoms with van der Waals surface area (Å²) >= 11 is 0. The van der Waals surface area contributed by atoms with Crippen LogP contribution in [0.4, 0.5) is 0 Å². The van der Waals surface area contributed by atoms with E-state index < -0.39 is 0 Å². The highest BCUT2D eigenvalue weighted by atomic mass is 16.5. The van der Waals surface area contributed by atoms with Crippen LogP contribution in [0.25, 0.3) is 0 Å². The van der Waals surface area contributed by atoms with Crippen molar-refractivity contribution >= 4 is 0 Å². The van der Waals surface area contributed by atoms with Crippen LogP contribution in [0.1, 0.15) is 30.5 Å². The summed E-state index contributed by atoms with van der Waals surface area (Å²) in [7, 11) is 0. The van der Waals surface area contributed by atoms with E-state index in [1.165, 1.54) is 11.1 Å². The molecule has 0 saturated carbocycles. The highest BCUT2D eigenvalue weighted by Gasteiger charge is 2.06. The van der Waals surface area contributed by atoms with Gasteiger partial charge in [0.25, 0.3) is 0 Å². The molecule has 0 amide bonds. The second kappa shape index (κ2) is 7.01. The van der Waals surface area contributed by atoms with Gasteiger partial charge >= 0.3 is 0 Å². The Morgan fingerprint density at radius 3 is 2.85 bits per heavy atom. The third-order valence-corrected chi connectivity index (χ3v) is 2.77. The Balaban J connectivity index is 1.94. The van der Waals surface area contributed by atoms with Crippen molar-refractivity contribution in [2.75, 3.05) is 0 Å². The molecule has 2 aromatic rings. The van der Waals surface area contributed by atoms with Gasteiger partial charge in [0, 0.05) is 37.2 Å². The molecule has 2 heterocycles. The highest BCUT2D eigenvalue weighted by Crippen LogP contribution is 2.15. The number of hydrogen-bond donors (Lipinski definition) is 1. The molecule has 0 atom stereocenters. The maximum absolute atomic E-state index is 5.70. The Kier molecular flexibility index (Phi) is 5.07. The molecule has 0 spiro atoms. The number of aromatic nitrogens is 2. The minimum Gasteiger partial charge on any atom is -0.475 e. The lowest BCUT2D eigenvalue weighted by molar-refractivity contribution is 0.229. The average molecular weight is 271 g/mol. The third-order valence-electron chi connectivity index (χ3n) is 2.77. The summed E-state index contributed by atoms with van der Waals surface area (Å²) in [5.74, 6) is 0.706. The van der Waals surface area contributed by atoms with Crippen molar-refractivity contribution < 1.29 is 4.74 Å². The summed E-state index contributed by atoms with van der Waals surface area (Å²) < 4.78 is 5.70. The van der Waals surface area contributed by atoms with Crippen molar-refractivity contribution in [1.82, 2.24) is 15.3 Å². The second-order valence-corrected chi connectivity index (χ2v) is 5.11. The van der Waals surface area contributed by atoms with Gasteiger partial charge in [0.05, 0.1) is 6.10 Å². The zero-order valence-corrected chi connectivity index (χ0v) is 12.3. The Morgan fingerprint density at radius 1 is 1.25 bits per heavy atom. The van der Waals surface area contributed by atoms with Crippen molar-refractivity contribution in [2.24, 2.45) is 0 Å². The van der Waals surface area contributed by atoms with E-state index in [1.54, 1.807) is 6.20 Å². The number of pyridine rings is 2. The quantitative estimate of drug-likeness (QED) is 0.877. The van der Waals surface area contributed by atoms with E-state index in [1.807, 2.05) is 45.3 Å². The van der Waals surface area contributed by atoms with Gasteiger partial charge in [-0.15, -0.1) is 0 Å². The van der Waals surface area contributed by atoms with Gasteiger partial charge in [0.2, 0.25) is 5.88 Å². The molecule has 0 saturated heterocycles. The van der Waals surface area contributed by atoms with E-state index in [9.17, 15) is 0 Å². The third kappa shape index (κ3) is 4.31. The fourth-order valence-electron chi connectivity index (χ4n) is 1.94. The molecule has 0 fully saturated rings. The fraction of sp³-hybridized carbons (Fsp3) is 0.375. The van der Waals surface area contributed by atoms with E-state index >= 15 is 0 Å². The van der Waals surface area contributed by atoms with Crippen LogP contribution in [0.2, 0.25) is 0 Å². The second-order valence-electron chi connectivity index (χ2n) is 5.11. The molecule has 1 N–H and O–H groups in total. The van der Waals surface area contributed by atoms with Crippen molar-refractivity contribution in [1.29, 1.82) is 0 Å². The van der Waals surface area contributed by atoms with E-state index in [0.29, 0.717) is 5.88 Å². The summed E-state index contributed by atoms with van der Waals surface area (Å²) in [5, 5.41) is 3.40. The summed E-state index contributed by atoms with van der Waals surface area (Å²) in [5.41, 5.74) is 3.43. The van der Waals surface area contributed by atoms with Crippen LogP contribution in [0.15, 0.2) is 36.8 Å². The molecule has 0 aliphatic rings. The SMILES string of the molecule is Cc1cncc(CNCc2cccnc2OC(C)C)c1. The topological polar surface area (TPSA) is 47.0 Å². The lowest BCUT2D eigenvalue weighted by atomic mass is 10.2. The first kappa shape index (κ1) is 14.5. The standard InChI is InChI=1S/C16H21N3O/c1-12(2)20-16-15(5-4-6-19-16)11-18-10-14-7-13(3)8-17-9-14/h4-9,12,18H,10-11H2,1-3H3. The molecule has 0 aliphatic carbocycles. The zero-order chi connectivity index (χ0) is 14.4. The Morgan fingerprint density at radius 2 is 2.10 bits per heavy atom. The first-order valence-corrected chi connectivity index (χ1v) is 6.87. The highest BCUT2D eigenvalue weighted by molar-refractivity contribution is 5.25. The van der Waals surface area contributed by atoms with Crippen molar-refractivity contribution in [3.05, 3.63) is 53.5 Å². The average Bonchev–Trinajstić information content (AvgIpc) is 2.40. The van der Waals surface area contributed by atoms with Crippen molar-refractivity contribution in [3.63, 3.8) is 0 Å². The molecule has 0 unspecified atom stereocenters. The van der Waals surface area contributed by atoms with Crippen LogP contribution in [0.5, 0.6) is 5.88 Å². The van der Waals surface area contributed by atoms with Gasteiger partial charge in [-0.05, 0) is 38.0 Å². The monoisotopic (exact) mass is 271 g/mol. The number of nitrogens with zero attached hydrogens (tertiary/aromatic N) is 2. The number of ether oxygens (including phenoxy) is 1. The van der Waals surface area contributed by atoms with Gasteiger partial charge in [-0.25, -0.2) is 4.98 Å². The molecule has 4 nitrogen and oxygen atoms in total. The molecule has 2 aromatic heterocycles. The van der Waals surface area contributed by atoms with Gasteiger partial charge in [-0.1, -0.05) is 12.1 Å². The van der Waals surface area contributed by atoms with Crippen molar-refractivity contribution in [3.8, 4) is 5.88 Å². The Hall–Kier alpha value is -1.94. The van der Waals surface area contributed by atoms with Gasteiger partial charge in [-0.2, -0.15) is 0 Å². The van der Waals surface area contributed by atoms with E-state index in [-0.39, 0.29) is 6.10 Å². The van der Waals surface area contributed by atoms with Crippen LogP contribution in [0.3, 0.4) is 0 Å². The van der Waals surface area contributed by atoms with Crippen LogP contribution < -0.4 is 10.1 Å². The van der Waals surface area contributed by atoms with Crippen LogP contribution in [0, 0.1) is 6.92 Å². The fourth-order valence-corrected chi connectivity index (χ4v) is 1.94. The van der Waals surface area contributed by atoms with Gasteiger partial charge < -0.3 is 10.1 Å². The molecule has 0 radical (unpaired) electrons. The molecular formula is C16H21N3O. The predicted octanol–water partition coefficient (Wildman–Crippen LogP) is 2.86. The zero-order valence-electron chi connectivity index (χ0n) is 12.3. The lowest BCUT2D eigenvalue weighted by Gasteiger charge is -2.13. The molecule has 0 aliphatic heterocycles. The Bertz CT molecular complexity index is 555. The van der Waals surface area contributed by atoms with Gasteiger partial charge in [-0.3, -0.25) is 4.98 Å². The normalized spacial score (nSPS) is 10.8. The first-order chi connectivity index (χ1) is 9.65. The maximum atomic E-state index is 5.70. The van der Waals surface area contributed by atoms with Crippen LogP contribution in [-0.4, -0.2) is 16.1 Å². The van der Waals surface area contributed by atoms with E-state index in [2.05, 4.69) is 21.4 Å². The minimum atomic E-state index is 0.129. The summed E-state index contributed by atoms with van der Waals surface area (Å²) in [4.78, 5) is 8.47. The maximum Gasteiger partial charge on any atom is 0.218 e. The van der Waals surface area contributed by atoms with Gasteiger partial charge in [0.15, 0.2) is 0 Å². The lowest BCUT2D eigenvalue weighted by Crippen LogP contribution is -2.16. The number of aryl methyl sites for hydroxylation is 1. The number of hydrogen-bond acceptors (Lipinski definition) is 4. The molecule has 4 heteroatoms. The molecule has 0 bridgehead atoms. The minimum absolute atomic E-state index is 0.129. The summed E-state index contributed by atoms with van der Waals surface area (Å²) in [6.45, 7) is 7.56. The molecule has 20 heavy (non-hydrogen) atoms. The first-order valence-electron chi connectivity index (χ1n) is 6.87. The molecule has 106 valence electrons. The van der Waals surface area contributed by atoms with Crippen LogP contribution >= 0.6 is 0 Å². The molecular weight excluding hydrogens is 250 g/mol. The van der Waals surface area contributed by atoms with Crippen molar-refractivity contribution in [2.45, 2.75) is 40.0 Å². The van der Waals surface area contributed by atoms with Gasteiger partial charge in [0.1, 0.15) is 0 Å². The largest absolute Gasteiger partial charge is 0.475 e. The van der Waals surface area contributed by atoms with E-state index in [4.69, 9.17) is 4.74 Å². The molecule has 0 aromatic carbocycles. The molecule has 2 rings (SSSR count). The number of rotatable bonds is 6.